The van der Waals surface area contributed by atoms with Gasteiger partial charge < -0.3 is 14.8 Å². The molecular weight excluding hydrogens is 369 g/mol. The average Bonchev–Trinajstić information content (AvgIpc) is 3.43. The van der Waals surface area contributed by atoms with Crippen molar-refractivity contribution in [2.75, 3.05) is 31.1 Å². The summed E-state index contributed by atoms with van der Waals surface area (Å²) in [5.74, 6) is 0.626. The first-order chi connectivity index (χ1) is 14.2. The van der Waals surface area contributed by atoms with Crippen molar-refractivity contribution in [3.63, 3.8) is 0 Å². The number of nitrogens with zero attached hydrogens (tertiary/aromatic N) is 4. The molecule has 1 aliphatic carbocycles. The Hall–Kier alpha value is -3.22. The third-order valence-corrected chi connectivity index (χ3v) is 5.79. The summed E-state index contributed by atoms with van der Waals surface area (Å²) < 4.78 is 13.1. The molecule has 1 aliphatic heterocycles. The molecule has 0 unspecified atom stereocenters. The summed E-state index contributed by atoms with van der Waals surface area (Å²) in [5.41, 5.74) is 4.75. The second-order valence-corrected chi connectivity index (χ2v) is 7.62. The summed E-state index contributed by atoms with van der Waals surface area (Å²) in [5, 5.41) is 8.76. The van der Waals surface area contributed by atoms with Gasteiger partial charge in [-0.15, -0.1) is 5.10 Å². The van der Waals surface area contributed by atoms with E-state index in [-0.39, 0.29) is 11.7 Å². The highest BCUT2D eigenvalue weighted by molar-refractivity contribution is 5.94. The Bertz CT molecular complexity index is 1040. The molecule has 0 radical (unpaired) electrons. The lowest BCUT2D eigenvalue weighted by Gasteiger charge is -2.35. The van der Waals surface area contributed by atoms with E-state index < -0.39 is 0 Å². The number of nitrogens with one attached hydrogen (secondary N) is 1. The molecule has 2 aromatic heterocycles. The number of rotatable bonds is 3. The minimum atomic E-state index is -0.272. The van der Waals surface area contributed by atoms with Crippen LogP contribution in [-0.4, -0.2) is 52.2 Å². The summed E-state index contributed by atoms with van der Waals surface area (Å²) in [6.45, 7) is 2.76. The minimum Gasteiger partial charge on any atom is -0.357 e. The molecular formula is C22H22FN5O. The Balaban J connectivity index is 1.24. The number of benzene rings is 1. The van der Waals surface area contributed by atoms with E-state index in [0.29, 0.717) is 18.8 Å². The standard InChI is InChI=1S/C22H22FN5O/c23-18-6-4-15(5-7-18)17-12-20(24-14-17)22(29)28-10-8-27(9-11-28)21-13-16-2-1-3-19(16)25-26-21/h4-7,12-14,24H,1-3,8-11H2. The van der Waals surface area contributed by atoms with Gasteiger partial charge in [-0.05, 0) is 60.2 Å². The van der Waals surface area contributed by atoms with E-state index in [4.69, 9.17) is 0 Å². The fourth-order valence-electron chi connectivity index (χ4n) is 4.11. The topological polar surface area (TPSA) is 65.1 Å². The van der Waals surface area contributed by atoms with Crippen molar-refractivity contribution in [1.29, 1.82) is 0 Å². The van der Waals surface area contributed by atoms with E-state index >= 15 is 0 Å². The second kappa shape index (κ2) is 7.31. The molecule has 3 aromatic rings. The number of hydrogen-bond donors (Lipinski definition) is 1. The lowest BCUT2D eigenvalue weighted by molar-refractivity contribution is 0.0741. The van der Waals surface area contributed by atoms with Gasteiger partial charge in [-0.3, -0.25) is 4.79 Å². The van der Waals surface area contributed by atoms with E-state index in [1.807, 2.05) is 11.0 Å². The Morgan fingerprint density at radius 2 is 1.76 bits per heavy atom. The number of aromatic amines is 1. The molecule has 7 heteroatoms. The van der Waals surface area contributed by atoms with Crippen molar-refractivity contribution >= 4 is 11.7 Å². The van der Waals surface area contributed by atoms with Gasteiger partial charge in [-0.2, -0.15) is 5.10 Å². The van der Waals surface area contributed by atoms with Crippen LogP contribution in [0.5, 0.6) is 0 Å². The third-order valence-electron chi connectivity index (χ3n) is 5.79. The highest BCUT2D eigenvalue weighted by Gasteiger charge is 2.25. The molecule has 148 valence electrons. The molecule has 1 saturated heterocycles. The van der Waals surface area contributed by atoms with Crippen LogP contribution in [0.2, 0.25) is 0 Å². The fourth-order valence-corrected chi connectivity index (χ4v) is 4.11. The van der Waals surface area contributed by atoms with Gasteiger partial charge in [0.25, 0.3) is 5.91 Å². The van der Waals surface area contributed by atoms with E-state index in [9.17, 15) is 9.18 Å². The van der Waals surface area contributed by atoms with Crippen molar-refractivity contribution in [3.8, 4) is 11.1 Å². The summed E-state index contributed by atoms with van der Waals surface area (Å²) in [6.07, 6.45) is 5.06. The fraction of sp³-hybridized carbons (Fsp3) is 0.318. The van der Waals surface area contributed by atoms with Crippen molar-refractivity contribution in [3.05, 3.63) is 65.4 Å². The number of aryl methyl sites for hydroxylation is 2. The van der Waals surface area contributed by atoms with Gasteiger partial charge in [-0.25, -0.2) is 4.39 Å². The van der Waals surface area contributed by atoms with E-state index in [1.54, 1.807) is 18.3 Å². The molecule has 0 saturated carbocycles. The average molecular weight is 391 g/mol. The molecule has 2 aliphatic rings. The second-order valence-electron chi connectivity index (χ2n) is 7.62. The molecule has 1 N–H and O–H groups in total. The quantitative estimate of drug-likeness (QED) is 0.745. The van der Waals surface area contributed by atoms with Gasteiger partial charge in [0.2, 0.25) is 0 Å². The predicted molar refractivity (Wildman–Crippen MR) is 108 cm³/mol. The number of aromatic nitrogens is 3. The Morgan fingerprint density at radius 1 is 0.966 bits per heavy atom. The maximum Gasteiger partial charge on any atom is 0.270 e. The van der Waals surface area contributed by atoms with Gasteiger partial charge in [0.1, 0.15) is 11.5 Å². The Kier molecular flexibility index (Phi) is 4.50. The number of H-pyrrole nitrogens is 1. The van der Waals surface area contributed by atoms with Crippen molar-refractivity contribution < 1.29 is 9.18 Å². The van der Waals surface area contributed by atoms with Gasteiger partial charge in [-0.1, -0.05) is 12.1 Å². The molecule has 3 heterocycles. The first-order valence-corrected chi connectivity index (χ1v) is 10.0. The maximum absolute atomic E-state index is 13.1. The van der Waals surface area contributed by atoms with Crippen LogP contribution in [0.1, 0.15) is 28.2 Å². The van der Waals surface area contributed by atoms with Crippen molar-refractivity contribution in [2.45, 2.75) is 19.3 Å². The van der Waals surface area contributed by atoms with Crippen LogP contribution >= 0.6 is 0 Å². The lowest BCUT2D eigenvalue weighted by atomic mass is 10.1. The number of amides is 1. The van der Waals surface area contributed by atoms with Crippen LogP contribution in [-0.2, 0) is 12.8 Å². The third kappa shape index (κ3) is 3.48. The molecule has 1 aromatic carbocycles. The molecule has 6 nitrogen and oxygen atoms in total. The zero-order valence-electron chi connectivity index (χ0n) is 16.1. The maximum atomic E-state index is 13.1. The lowest BCUT2D eigenvalue weighted by Crippen LogP contribution is -2.49. The van der Waals surface area contributed by atoms with Crippen LogP contribution in [0, 0.1) is 5.82 Å². The molecule has 0 bridgehead atoms. The number of anilines is 1. The summed E-state index contributed by atoms with van der Waals surface area (Å²) in [4.78, 5) is 20.0. The van der Waals surface area contributed by atoms with Crippen molar-refractivity contribution in [1.82, 2.24) is 20.1 Å². The molecule has 1 fully saturated rings. The highest BCUT2D eigenvalue weighted by atomic mass is 19.1. The van der Waals surface area contributed by atoms with Crippen LogP contribution in [0.15, 0.2) is 42.6 Å². The highest BCUT2D eigenvalue weighted by Crippen LogP contribution is 2.24. The van der Waals surface area contributed by atoms with E-state index in [0.717, 1.165) is 55.0 Å². The zero-order valence-corrected chi connectivity index (χ0v) is 16.1. The number of carbonyl (C=O) groups is 1. The summed E-state index contributed by atoms with van der Waals surface area (Å²) >= 11 is 0. The number of hydrogen-bond acceptors (Lipinski definition) is 4. The van der Waals surface area contributed by atoms with Crippen molar-refractivity contribution in [2.24, 2.45) is 0 Å². The first kappa shape index (κ1) is 17.8. The number of piperazine rings is 1. The number of halogens is 1. The number of fused-ring (bicyclic) bond motifs is 1. The van der Waals surface area contributed by atoms with Gasteiger partial charge in [0, 0.05) is 32.4 Å². The molecule has 0 spiro atoms. The van der Waals surface area contributed by atoms with E-state index in [2.05, 4.69) is 26.1 Å². The van der Waals surface area contributed by atoms with Crippen LogP contribution < -0.4 is 4.90 Å². The van der Waals surface area contributed by atoms with Crippen LogP contribution in [0.4, 0.5) is 10.2 Å². The van der Waals surface area contributed by atoms with Crippen LogP contribution in [0.3, 0.4) is 0 Å². The summed E-state index contributed by atoms with van der Waals surface area (Å²) in [6, 6.07) is 10.3. The summed E-state index contributed by atoms with van der Waals surface area (Å²) in [7, 11) is 0. The smallest absolute Gasteiger partial charge is 0.270 e. The Morgan fingerprint density at radius 3 is 2.55 bits per heavy atom. The zero-order chi connectivity index (χ0) is 19.8. The molecule has 29 heavy (non-hydrogen) atoms. The van der Waals surface area contributed by atoms with Gasteiger partial charge >= 0.3 is 0 Å². The minimum absolute atomic E-state index is 0.0157. The monoisotopic (exact) mass is 391 g/mol. The van der Waals surface area contributed by atoms with E-state index in [1.165, 1.54) is 17.7 Å². The largest absolute Gasteiger partial charge is 0.357 e. The molecule has 0 atom stereocenters. The molecule has 1 amide bonds. The van der Waals surface area contributed by atoms with Crippen LogP contribution in [0.25, 0.3) is 11.1 Å². The van der Waals surface area contributed by atoms with Gasteiger partial charge in [0.15, 0.2) is 5.82 Å². The Labute approximate surface area is 168 Å². The van der Waals surface area contributed by atoms with Gasteiger partial charge in [0.05, 0.1) is 5.69 Å². The molecule has 5 rings (SSSR count). The predicted octanol–water partition coefficient (Wildman–Crippen LogP) is 3.06. The first-order valence-electron chi connectivity index (χ1n) is 10.0. The number of carbonyl (C=O) groups excluding carboxylic acids is 1. The normalized spacial score (nSPS) is 16.2. The SMILES string of the molecule is O=C(c1cc(-c2ccc(F)cc2)c[nH]1)N1CCN(c2cc3c(nn2)CCC3)CC1.